The smallest absolute Gasteiger partial charge is 0.191 e. The highest BCUT2D eigenvalue weighted by Crippen LogP contribution is 2.42. The second-order valence-corrected chi connectivity index (χ2v) is 8.31. The number of benzene rings is 1. The number of hydrogen-bond acceptors (Lipinski definition) is 4. The highest BCUT2D eigenvalue weighted by Gasteiger charge is 2.32. The van der Waals surface area contributed by atoms with Crippen LogP contribution >= 0.6 is 11.6 Å². The third-order valence-electron chi connectivity index (χ3n) is 5.67. The molecule has 0 amide bonds. The lowest BCUT2D eigenvalue weighted by atomic mass is 9.82. The lowest BCUT2D eigenvalue weighted by Gasteiger charge is -2.38. The van der Waals surface area contributed by atoms with Crippen molar-refractivity contribution in [3.05, 3.63) is 81.4 Å². The Bertz CT molecular complexity index is 1290. The van der Waals surface area contributed by atoms with Crippen molar-refractivity contribution >= 4 is 22.6 Å². The summed E-state index contributed by atoms with van der Waals surface area (Å²) < 4.78 is 0. The maximum Gasteiger partial charge on any atom is 0.191 e. The van der Waals surface area contributed by atoms with Crippen LogP contribution in [-0.4, -0.2) is 40.0 Å². The summed E-state index contributed by atoms with van der Waals surface area (Å²) in [5, 5.41) is 1.10. The minimum atomic E-state index is -0.0152. The molecule has 150 valence electrons. The monoisotopic (exact) mass is 416 g/mol. The van der Waals surface area contributed by atoms with E-state index in [9.17, 15) is 4.79 Å². The van der Waals surface area contributed by atoms with Crippen LogP contribution in [-0.2, 0) is 0 Å². The van der Waals surface area contributed by atoms with Gasteiger partial charge >= 0.3 is 0 Å². The number of H-pyrrole nitrogens is 1. The first-order valence-corrected chi connectivity index (χ1v) is 10.3. The molecule has 0 bridgehead atoms. The van der Waals surface area contributed by atoms with Gasteiger partial charge in [0, 0.05) is 48.1 Å². The number of nitrogens with zero attached hydrogens (tertiary/aromatic N) is 3. The van der Waals surface area contributed by atoms with Gasteiger partial charge in [0.25, 0.3) is 0 Å². The van der Waals surface area contributed by atoms with Gasteiger partial charge in [-0.2, -0.15) is 0 Å². The van der Waals surface area contributed by atoms with Crippen molar-refractivity contribution in [1.82, 2.24) is 19.9 Å². The van der Waals surface area contributed by atoms with Crippen molar-refractivity contribution in [2.45, 2.75) is 12.8 Å². The lowest BCUT2D eigenvalue weighted by Crippen LogP contribution is -2.42. The number of rotatable bonds is 3. The van der Waals surface area contributed by atoms with Crippen LogP contribution in [0, 0.1) is 6.92 Å². The molecule has 0 atom stereocenters. The number of halogens is 1. The van der Waals surface area contributed by atoms with Crippen molar-refractivity contribution in [2.75, 3.05) is 20.1 Å². The molecule has 0 spiro atoms. The number of aryl methyl sites for hydroxylation is 1. The van der Waals surface area contributed by atoms with Gasteiger partial charge in [-0.15, -0.1) is 0 Å². The van der Waals surface area contributed by atoms with E-state index in [1.54, 1.807) is 12.3 Å². The summed E-state index contributed by atoms with van der Waals surface area (Å²) in [4.78, 5) is 27.7. The molecular formula is C24H21ClN4O. The summed E-state index contributed by atoms with van der Waals surface area (Å²) in [6.07, 6.45) is 1.66. The van der Waals surface area contributed by atoms with Crippen LogP contribution < -0.4 is 5.43 Å². The van der Waals surface area contributed by atoms with Gasteiger partial charge in [0.15, 0.2) is 5.43 Å². The van der Waals surface area contributed by atoms with E-state index < -0.39 is 0 Å². The van der Waals surface area contributed by atoms with Crippen LogP contribution in [0.3, 0.4) is 0 Å². The molecule has 4 heterocycles. The summed E-state index contributed by atoms with van der Waals surface area (Å²) in [6.45, 7) is 3.72. The van der Waals surface area contributed by atoms with Crippen molar-refractivity contribution in [1.29, 1.82) is 0 Å². The minimum absolute atomic E-state index is 0.0152. The van der Waals surface area contributed by atoms with Crippen LogP contribution in [0.25, 0.3) is 33.4 Å². The normalized spacial score (nSPS) is 14.8. The summed E-state index contributed by atoms with van der Waals surface area (Å²) in [7, 11) is 2.09. The predicted octanol–water partition coefficient (Wildman–Crippen LogP) is 4.64. The minimum Gasteiger partial charge on any atom is -0.346 e. The summed E-state index contributed by atoms with van der Waals surface area (Å²) in [5.74, 6) is 0.244. The number of aromatic amines is 1. The number of likely N-dealkylation sites (tertiary alicyclic amines) is 1. The second kappa shape index (κ2) is 7.35. The summed E-state index contributed by atoms with van der Waals surface area (Å²) in [6, 6.07) is 15.5. The zero-order valence-electron chi connectivity index (χ0n) is 16.8. The zero-order valence-corrected chi connectivity index (χ0v) is 17.6. The van der Waals surface area contributed by atoms with E-state index in [0.29, 0.717) is 16.2 Å². The molecule has 1 aliphatic heterocycles. The molecule has 3 aromatic heterocycles. The van der Waals surface area contributed by atoms with Crippen LogP contribution in [0.5, 0.6) is 0 Å². The van der Waals surface area contributed by atoms with Crippen molar-refractivity contribution in [3.63, 3.8) is 0 Å². The van der Waals surface area contributed by atoms with Crippen molar-refractivity contribution in [3.8, 4) is 22.4 Å². The van der Waals surface area contributed by atoms with Crippen LogP contribution in [0.1, 0.15) is 17.2 Å². The Kier molecular flexibility index (Phi) is 4.65. The predicted molar refractivity (Wildman–Crippen MR) is 121 cm³/mol. The fourth-order valence-electron chi connectivity index (χ4n) is 4.40. The molecule has 1 aromatic carbocycles. The largest absolute Gasteiger partial charge is 0.346 e. The molecule has 1 saturated heterocycles. The van der Waals surface area contributed by atoms with Gasteiger partial charge in [-0.25, -0.2) is 9.97 Å². The van der Waals surface area contributed by atoms with E-state index in [4.69, 9.17) is 16.6 Å². The maximum atomic E-state index is 13.0. The quantitative estimate of drug-likeness (QED) is 0.494. The van der Waals surface area contributed by atoms with Gasteiger partial charge in [0.05, 0.1) is 11.1 Å². The van der Waals surface area contributed by atoms with Crippen LogP contribution in [0.2, 0.25) is 5.15 Å². The second-order valence-electron chi connectivity index (χ2n) is 7.92. The Morgan fingerprint density at radius 3 is 2.53 bits per heavy atom. The molecule has 0 unspecified atom stereocenters. The molecule has 30 heavy (non-hydrogen) atoms. The molecule has 1 fully saturated rings. The van der Waals surface area contributed by atoms with Gasteiger partial charge in [0.2, 0.25) is 0 Å². The van der Waals surface area contributed by atoms with Gasteiger partial charge < -0.3 is 9.88 Å². The maximum absolute atomic E-state index is 13.0. The first-order valence-electron chi connectivity index (χ1n) is 9.95. The van der Waals surface area contributed by atoms with E-state index in [1.165, 1.54) is 0 Å². The average molecular weight is 417 g/mol. The van der Waals surface area contributed by atoms with Crippen LogP contribution in [0.15, 0.2) is 59.5 Å². The Morgan fingerprint density at radius 1 is 1.07 bits per heavy atom. The van der Waals surface area contributed by atoms with Gasteiger partial charge in [-0.05, 0) is 37.2 Å². The number of nitrogens with one attached hydrogen (secondary N) is 1. The highest BCUT2D eigenvalue weighted by atomic mass is 35.5. The molecule has 5 nitrogen and oxygen atoms in total. The molecular weight excluding hydrogens is 396 g/mol. The molecule has 0 saturated carbocycles. The standard InChI is InChI=1S/C24H21ClN4O/c1-14-10-16(11-19(25)27-14)21-20(17-12-29(2)13-17)22-18(30)8-9-26-24(22)28-23(21)15-6-4-3-5-7-15/h3-11,17H,12-13H2,1-2H3,(H,26,28,30). The fourth-order valence-corrected chi connectivity index (χ4v) is 4.65. The van der Waals surface area contributed by atoms with Crippen LogP contribution in [0.4, 0.5) is 0 Å². The molecule has 0 radical (unpaired) electrons. The Hall–Kier alpha value is -3.02. The van der Waals surface area contributed by atoms with Crippen molar-refractivity contribution < 1.29 is 0 Å². The fraction of sp³-hybridized carbons (Fsp3) is 0.208. The number of likely N-dealkylation sites (N-methyl/N-ethyl adjacent to an activating group) is 1. The topological polar surface area (TPSA) is 61.9 Å². The highest BCUT2D eigenvalue weighted by molar-refractivity contribution is 6.29. The van der Waals surface area contributed by atoms with Gasteiger partial charge in [0.1, 0.15) is 10.8 Å². The zero-order chi connectivity index (χ0) is 20.8. The molecule has 6 heteroatoms. The number of aromatic nitrogens is 3. The van der Waals surface area contributed by atoms with E-state index in [1.807, 2.05) is 49.4 Å². The summed E-state index contributed by atoms with van der Waals surface area (Å²) >= 11 is 6.34. The molecule has 0 aliphatic carbocycles. The van der Waals surface area contributed by atoms with Crippen molar-refractivity contribution in [2.24, 2.45) is 0 Å². The Labute approximate surface area is 179 Å². The molecule has 1 aliphatic rings. The molecule has 5 rings (SSSR count). The third-order valence-corrected chi connectivity index (χ3v) is 5.86. The van der Waals surface area contributed by atoms with E-state index in [2.05, 4.69) is 21.9 Å². The Balaban J connectivity index is 1.94. The molecule has 4 aromatic rings. The lowest BCUT2D eigenvalue weighted by molar-refractivity contribution is 0.191. The number of hydrogen-bond donors (Lipinski definition) is 1. The number of pyridine rings is 3. The van der Waals surface area contributed by atoms with Gasteiger partial charge in [-0.3, -0.25) is 4.79 Å². The molecule has 1 N–H and O–H groups in total. The Morgan fingerprint density at radius 2 is 1.83 bits per heavy atom. The third kappa shape index (κ3) is 3.20. The first-order chi connectivity index (χ1) is 14.5. The van der Waals surface area contributed by atoms with E-state index >= 15 is 0 Å². The van der Waals surface area contributed by atoms with Gasteiger partial charge in [-0.1, -0.05) is 41.9 Å². The number of fused-ring (bicyclic) bond motifs is 1. The summed E-state index contributed by atoms with van der Waals surface area (Å²) in [5.41, 5.74) is 6.22. The van der Waals surface area contributed by atoms with E-state index in [0.717, 1.165) is 46.7 Å². The first kappa shape index (κ1) is 19.0. The van der Waals surface area contributed by atoms with E-state index in [-0.39, 0.29) is 11.3 Å². The average Bonchev–Trinajstić information content (AvgIpc) is 2.70. The SMILES string of the molecule is Cc1cc(-c2c(-c3ccccc3)nc3[nH]ccc(=O)c3c2C2CN(C)C2)cc(Cl)n1.